The van der Waals surface area contributed by atoms with Crippen LogP contribution in [0.3, 0.4) is 0 Å². The Balaban J connectivity index is 2.48. The lowest BCUT2D eigenvalue weighted by molar-refractivity contribution is -0.0500. The van der Waals surface area contributed by atoms with Gasteiger partial charge in [-0.1, -0.05) is 67.3 Å². The lowest BCUT2D eigenvalue weighted by atomic mass is 10.1. The summed E-state index contributed by atoms with van der Waals surface area (Å²) in [5.41, 5.74) is -5.15. The monoisotopic (exact) mass is 428 g/mol. The van der Waals surface area contributed by atoms with Gasteiger partial charge >= 0.3 is 15.6 Å². The van der Waals surface area contributed by atoms with E-state index in [0.29, 0.717) is 10.8 Å². The standard InChI is InChI=1S/C19H19F3O4SSi/c1-28(2,3)15-10-11-16(17(23)12-9-14-7-5-4-6-8-14)18(13-15)26-27(24,25)19(20,21)22/h4-13H,1-3H3/b12-9+. The van der Waals surface area contributed by atoms with Gasteiger partial charge in [0, 0.05) is 0 Å². The van der Waals surface area contributed by atoms with Crippen molar-refractivity contribution in [3.63, 3.8) is 0 Å². The van der Waals surface area contributed by atoms with Crippen LogP contribution in [0, 0.1) is 0 Å². The van der Waals surface area contributed by atoms with E-state index in [4.69, 9.17) is 0 Å². The summed E-state index contributed by atoms with van der Waals surface area (Å²) in [4.78, 5) is 12.5. The molecular weight excluding hydrogens is 409 g/mol. The molecule has 0 saturated carbocycles. The number of carbonyl (C=O) groups is 1. The normalized spacial score (nSPS) is 12.9. The fraction of sp³-hybridized carbons (Fsp3) is 0.211. The van der Waals surface area contributed by atoms with Crippen molar-refractivity contribution in [1.29, 1.82) is 0 Å². The smallest absolute Gasteiger partial charge is 0.375 e. The molecule has 0 spiro atoms. The van der Waals surface area contributed by atoms with E-state index in [0.717, 1.165) is 6.08 Å². The third kappa shape index (κ3) is 5.32. The molecule has 2 rings (SSSR count). The zero-order valence-corrected chi connectivity index (χ0v) is 17.3. The van der Waals surface area contributed by atoms with Gasteiger partial charge in [-0.15, -0.1) is 0 Å². The summed E-state index contributed by atoms with van der Waals surface area (Å²) >= 11 is 0. The fourth-order valence-electron chi connectivity index (χ4n) is 2.25. The molecule has 0 bridgehead atoms. The van der Waals surface area contributed by atoms with Gasteiger partial charge in [0.05, 0.1) is 13.6 Å². The maximum absolute atomic E-state index is 12.8. The summed E-state index contributed by atoms with van der Waals surface area (Å²) in [5, 5.41) is 0.656. The first kappa shape index (κ1) is 21.9. The number of halogens is 3. The molecule has 28 heavy (non-hydrogen) atoms. The highest BCUT2D eigenvalue weighted by atomic mass is 32.2. The van der Waals surface area contributed by atoms with Gasteiger partial charge in [0.2, 0.25) is 0 Å². The number of hydrogen-bond donors (Lipinski definition) is 0. The molecule has 0 fully saturated rings. The topological polar surface area (TPSA) is 60.4 Å². The van der Waals surface area contributed by atoms with Crippen LogP contribution in [0.5, 0.6) is 5.75 Å². The van der Waals surface area contributed by atoms with Gasteiger partial charge < -0.3 is 4.18 Å². The molecule has 0 atom stereocenters. The van der Waals surface area contributed by atoms with Crippen molar-refractivity contribution in [2.75, 3.05) is 0 Å². The largest absolute Gasteiger partial charge is 0.534 e. The molecule has 0 saturated heterocycles. The Hall–Kier alpha value is -2.39. The number of benzene rings is 2. The van der Waals surface area contributed by atoms with Gasteiger partial charge in [0.25, 0.3) is 0 Å². The molecule has 0 aliphatic rings. The Labute approximate surface area is 162 Å². The maximum atomic E-state index is 12.8. The van der Waals surface area contributed by atoms with Crippen LogP contribution in [0.25, 0.3) is 6.08 Å². The Morgan fingerprint density at radius 2 is 1.64 bits per heavy atom. The van der Waals surface area contributed by atoms with Crippen LogP contribution in [0.4, 0.5) is 13.2 Å². The second kappa shape index (κ2) is 7.92. The highest BCUT2D eigenvalue weighted by Gasteiger charge is 2.49. The molecule has 2 aromatic rings. The van der Waals surface area contributed by atoms with E-state index in [-0.39, 0.29) is 5.56 Å². The van der Waals surface area contributed by atoms with E-state index < -0.39 is 35.2 Å². The van der Waals surface area contributed by atoms with E-state index >= 15 is 0 Å². The summed E-state index contributed by atoms with van der Waals surface area (Å²) in [5.74, 6) is -1.29. The Morgan fingerprint density at radius 1 is 1.04 bits per heavy atom. The van der Waals surface area contributed by atoms with Gasteiger partial charge in [-0.3, -0.25) is 4.79 Å². The highest BCUT2D eigenvalue weighted by molar-refractivity contribution is 7.88. The minimum absolute atomic E-state index is 0.262. The lowest BCUT2D eigenvalue weighted by Crippen LogP contribution is -2.38. The number of hydrogen-bond acceptors (Lipinski definition) is 4. The predicted octanol–water partition coefficient (Wildman–Crippen LogP) is 4.36. The highest BCUT2D eigenvalue weighted by Crippen LogP contribution is 2.29. The summed E-state index contributed by atoms with van der Waals surface area (Å²) in [6.07, 6.45) is 2.64. The lowest BCUT2D eigenvalue weighted by Gasteiger charge is -2.19. The molecule has 0 aliphatic heterocycles. The van der Waals surface area contributed by atoms with Crippen LogP contribution in [0.2, 0.25) is 19.6 Å². The third-order valence-corrected chi connectivity index (χ3v) is 6.83. The first-order chi connectivity index (χ1) is 12.8. The number of alkyl halides is 3. The van der Waals surface area contributed by atoms with Crippen molar-refractivity contribution >= 4 is 35.2 Å². The fourth-order valence-corrected chi connectivity index (χ4v) is 3.87. The molecule has 4 nitrogen and oxygen atoms in total. The number of carbonyl (C=O) groups excluding carboxylic acids is 1. The summed E-state index contributed by atoms with van der Waals surface area (Å²) in [7, 11) is -7.90. The van der Waals surface area contributed by atoms with E-state index in [1.807, 2.05) is 19.6 Å². The molecule has 0 amide bonds. The zero-order chi connectivity index (χ0) is 21.2. The quantitative estimate of drug-likeness (QED) is 0.226. The molecule has 9 heteroatoms. The average Bonchev–Trinajstić information content (AvgIpc) is 2.58. The average molecular weight is 429 g/mol. The van der Waals surface area contributed by atoms with Crippen LogP contribution in [-0.4, -0.2) is 27.8 Å². The van der Waals surface area contributed by atoms with E-state index in [2.05, 4.69) is 4.18 Å². The molecular formula is C19H19F3O4SSi. The molecule has 0 N–H and O–H groups in total. The molecule has 0 heterocycles. The summed E-state index contributed by atoms with van der Waals surface area (Å²) < 4.78 is 65.5. The zero-order valence-electron chi connectivity index (χ0n) is 15.4. The Kier molecular flexibility index (Phi) is 6.20. The van der Waals surface area contributed by atoms with Gasteiger partial charge in [0.1, 0.15) is 0 Å². The van der Waals surface area contributed by atoms with Crippen molar-refractivity contribution < 1.29 is 30.6 Å². The van der Waals surface area contributed by atoms with Gasteiger partial charge in [-0.2, -0.15) is 21.6 Å². The summed E-state index contributed by atoms with van der Waals surface area (Å²) in [6, 6.07) is 12.9. The number of rotatable bonds is 6. The van der Waals surface area contributed by atoms with Crippen LogP contribution < -0.4 is 9.37 Å². The Morgan fingerprint density at radius 3 is 2.18 bits per heavy atom. The first-order valence-corrected chi connectivity index (χ1v) is 13.1. The number of ketones is 1. The molecule has 0 aromatic heterocycles. The van der Waals surface area contributed by atoms with Crippen LogP contribution in [0.1, 0.15) is 15.9 Å². The second-order valence-electron chi connectivity index (χ2n) is 7.05. The van der Waals surface area contributed by atoms with Crippen molar-refractivity contribution in [3.05, 3.63) is 65.7 Å². The SMILES string of the molecule is C[Si](C)(C)c1ccc(C(=O)/C=C/c2ccccc2)c(OS(=O)(=O)C(F)(F)F)c1. The van der Waals surface area contributed by atoms with Gasteiger partial charge in [0.15, 0.2) is 11.5 Å². The molecule has 0 unspecified atom stereocenters. The van der Waals surface area contributed by atoms with Crippen LogP contribution >= 0.6 is 0 Å². The second-order valence-corrected chi connectivity index (χ2v) is 13.7. The molecule has 0 aliphatic carbocycles. The molecule has 150 valence electrons. The number of allylic oxidation sites excluding steroid dienone is 1. The van der Waals surface area contributed by atoms with Crippen molar-refractivity contribution in [1.82, 2.24) is 0 Å². The van der Waals surface area contributed by atoms with Crippen molar-refractivity contribution in [2.45, 2.75) is 25.1 Å². The molecule has 2 aromatic carbocycles. The minimum atomic E-state index is -5.90. The predicted molar refractivity (Wildman–Crippen MR) is 105 cm³/mol. The third-order valence-electron chi connectivity index (χ3n) is 3.82. The molecule has 0 radical (unpaired) electrons. The van der Waals surface area contributed by atoms with E-state index in [9.17, 15) is 26.4 Å². The minimum Gasteiger partial charge on any atom is -0.375 e. The first-order valence-electron chi connectivity index (χ1n) is 8.24. The van der Waals surface area contributed by atoms with Gasteiger partial charge in [-0.25, -0.2) is 0 Å². The maximum Gasteiger partial charge on any atom is 0.534 e. The van der Waals surface area contributed by atoms with Gasteiger partial charge in [-0.05, 0) is 23.8 Å². The summed E-state index contributed by atoms with van der Waals surface area (Å²) in [6.45, 7) is 5.80. The van der Waals surface area contributed by atoms with Crippen molar-refractivity contribution in [3.8, 4) is 5.75 Å². The van der Waals surface area contributed by atoms with Crippen LogP contribution in [0.15, 0.2) is 54.6 Å². The Bertz CT molecular complexity index is 992. The van der Waals surface area contributed by atoms with Crippen LogP contribution in [-0.2, 0) is 10.1 Å². The van der Waals surface area contributed by atoms with E-state index in [1.54, 1.807) is 36.4 Å². The van der Waals surface area contributed by atoms with Crippen molar-refractivity contribution in [2.24, 2.45) is 0 Å². The van der Waals surface area contributed by atoms with E-state index in [1.165, 1.54) is 18.2 Å².